The number of anilines is 1. The van der Waals surface area contributed by atoms with Crippen LogP contribution in [0, 0.1) is 0 Å². The fraction of sp³-hybridized carbons (Fsp3) is 0.222. The number of aromatic nitrogens is 2. The van der Waals surface area contributed by atoms with Crippen molar-refractivity contribution >= 4 is 103 Å². The van der Waals surface area contributed by atoms with E-state index in [1.807, 2.05) is 60.7 Å². The van der Waals surface area contributed by atoms with Crippen molar-refractivity contribution in [2.75, 3.05) is 31.6 Å². The van der Waals surface area contributed by atoms with Crippen molar-refractivity contribution in [3.05, 3.63) is 186 Å². The Hall–Kier alpha value is -6.37. The highest BCUT2D eigenvalue weighted by atomic mass is 79.9. The fourth-order valence-electron chi connectivity index (χ4n) is 10.2. The average Bonchev–Trinajstić information content (AvgIpc) is 4.20. The van der Waals surface area contributed by atoms with Crippen LogP contribution in [0.15, 0.2) is 147 Å². The quantitative estimate of drug-likeness (QED) is 0.124. The number of H-pyrrole nitrogens is 1. The first-order valence-electron chi connectivity index (χ1n) is 23.3. The van der Waals surface area contributed by atoms with Crippen LogP contribution in [0.25, 0.3) is 33.2 Å². The van der Waals surface area contributed by atoms with E-state index in [1.54, 1.807) is 29.2 Å². The maximum Gasteiger partial charge on any atom is 0.410 e. The predicted molar refractivity (Wildman–Crippen MR) is 290 cm³/mol. The van der Waals surface area contributed by atoms with E-state index in [4.69, 9.17) is 19.4 Å². The molecule has 2 atom stereocenters. The third kappa shape index (κ3) is 11.3. The SMILES string of the molecule is NC(=O)c1ccc(Br)cc1NC(=O)C1CCCN1C(=O)OCC1c2ccccc2-c2ccccc21.O=C(OCC1c2ccccc2-c2ccccc21)N1CCCC1c1nc2cc(Br)ccc2c(=O)[nH]1.O=S(Cl)Cl. The van der Waals surface area contributed by atoms with Crippen LogP contribution in [0.4, 0.5) is 15.3 Å². The maximum absolute atomic E-state index is 13.2. The number of nitrogens with zero attached hydrogens (tertiary/aromatic N) is 3. The van der Waals surface area contributed by atoms with Gasteiger partial charge in [0.15, 0.2) is 0 Å². The molecule has 2 saturated heterocycles. The van der Waals surface area contributed by atoms with E-state index in [1.165, 1.54) is 27.2 Å². The molecule has 2 fully saturated rings. The van der Waals surface area contributed by atoms with Crippen molar-refractivity contribution < 1.29 is 32.9 Å². The van der Waals surface area contributed by atoms with Crippen LogP contribution in [-0.2, 0) is 23.5 Å². The minimum absolute atomic E-state index is 0.00774. The molecule has 0 saturated carbocycles. The highest BCUT2D eigenvalue weighted by Gasteiger charge is 2.38. The van der Waals surface area contributed by atoms with Crippen LogP contribution < -0.4 is 16.6 Å². The van der Waals surface area contributed by atoms with Gasteiger partial charge in [-0.15, -0.1) is 0 Å². The number of hydrogen-bond acceptors (Lipinski definition) is 9. The molecule has 73 heavy (non-hydrogen) atoms. The zero-order valence-electron chi connectivity index (χ0n) is 38.8. The molecule has 6 aromatic carbocycles. The van der Waals surface area contributed by atoms with E-state index in [0.717, 1.165) is 39.6 Å². The Morgan fingerprint density at radius 2 is 1.15 bits per heavy atom. The number of carbonyl (C=O) groups excluding carboxylic acids is 4. The molecule has 0 radical (unpaired) electrons. The topological polar surface area (TPSA) is 194 Å². The molecule has 19 heteroatoms. The van der Waals surface area contributed by atoms with E-state index in [0.29, 0.717) is 52.8 Å². The lowest BCUT2D eigenvalue weighted by molar-refractivity contribution is -0.120. The highest BCUT2D eigenvalue weighted by Crippen LogP contribution is 2.46. The summed E-state index contributed by atoms with van der Waals surface area (Å²) < 4.78 is 22.3. The third-order valence-corrected chi connectivity index (χ3v) is 14.4. The summed E-state index contributed by atoms with van der Waals surface area (Å²) in [5.74, 6) is -0.569. The van der Waals surface area contributed by atoms with Crippen LogP contribution in [0.3, 0.4) is 0 Å². The van der Waals surface area contributed by atoms with Crippen LogP contribution in [-0.4, -0.2) is 80.3 Å². The first kappa shape index (κ1) is 51.5. The summed E-state index contributed by atoms with van der Waals surface area (Å²) in [6.07, 6.45) is 1.86. The van der Waals surface area contributed by atoms with Crippen molar-refractivity contribution in [3.8, 4) is 22.3 Å². The van der Waals surface area contributed by atoms with Gasteiger partial charge in [-0.1, -0.05) is 129 Å². The lowest BCUT2D eigenvalue weighted by atomic mass is 9.98. The largest absolute Gasteiger partial charge is 0.448 e. The van der Waals surface area contributed by atoms with Crippen molar-refractivity contribution in [2.45, 2.75) is 49.6 Å². The number of amides is 4. The van der Waals surface area contributed by atoms with E-state index in [9.17, 15) is 24.0 Å². The maximum atomic E-state index is 13.2. The van der Waals surface area contributed by atoms with Gasteiger partial charge in [0.25, 0.3) is 11.5 Å². The molecular weight excluding hydrogens is 1120 g/mol. The molecular formula is C54H46Br2Cl2N6O8S. The number of nitrogens with two attached hydrogens (primary N) is 1. The zero-order valence-corrected chi connectivity index (χ0v) is 44.3. The first-order chi connectivity index (χ1) is 35.3. The van der Waals surface area contributed by atoms with Gasteiger partial charge in [0, 0.05) is 55.2 Å². The molecule has 4 amide bonds. The summed E-state index contributed by atoms with van der Waals surface area (Å²) in [7, 11) is 7.36. The Morgan fingerprint density at radius 3 is 1.68 bits per heavy atom. The molecule has 4 N–H and O–H groups in total. The van der Waals surface area contributed by atoms with Gasteiger partial charge < -0.3 is 25.5 Å². The molecule has 2 unspecified atom stereocenters. The van der Waals surface area contributed by atoms with E-state index in [2.05, 4.69) is 117 Å². The second-order valence-corrected chi connectivity index (χ2v) is 22.0. The van der Waals surface area contributed by atoms with Gasteiger partial charge in [0.2, 0.25) is 15.1 Å². The van der Waals surface area contributed by atoms with E-state index in [-0.39, 0.29) is 54.2 Å². The summed E-state index contributed by atoms with van der Waals surface area (Å²) >= 11 is 6.78. The predicted octanol–water partition coefficient (Wildman–Crippen LogP) is 11.7. The molecule has 3 heterocycles. The molecule has 7 aromatic rings. The van der Waals surface area contributed by atoms with Crippen LogP contribution >= 0.6 is 53.2 Å². The summed E-state index contributed by atoms with van der Waals surface area (Å²) in [6.45, 7) is 1.46. The number of benzene rings is 6. The Kier molecular flexibility index (Phi) is 16.1. The lowest BCUT2D eigenvalue weighted by Gasteiger charge is -2.25. The van der Waals surface area contributed by atoms with Crippen LogP contribution in [0.2, 0.25) is 0 Å². The monoisotopic (exact) mass is 1170 g/mol. The summed E-state index contributed by atoms with van der Waals surface area (Å²) in [5.41, 5.74) is 15.7. The smallest absolute Gasteiger partial charge is 0.410 e. The fourth-order valence-corrected chi connectivity index (χ4v) is 10.9. The molecule has 2 aliphatic heterocycles. The molecule has 11 rings (SSSR count). The third-order valence-electron chi connectivity index (χ3n) is 13.5. The Bertz CT molecular complexity index is 3270. The summed E-state index contributed by atoms with van der Waals surface area (Å²) in [5, 5.41) is 3.29. The van der Waals surface area contributed by atoms with Gasteiger partial charge in [-0.2, -0.15) is 0 Å². The van der Waals surface area contributed by atoms with Crippen LogP contribution in [0.5, 0.6) is 0 Å². The normalized spacial score (nSPS) is 16.3. The highest BCUT2D eigenvalue weighted by molar-refractivity contribution is 9.10. The lowest BCUT2D eigenvalue weighted by Crippen LogP contribution is -2.43. The number of ether oxygens (including phenoxy) is 2. The van der Waals surface area contributed by atoms with E-state index >= 15 is 0 Å². The van der Waals surface area contributed by atoms with Crippen LogP contribution in [0.1, 0.15) is 82.0 Å². The number of aromatic amines is 1. The van der Waals surface area contributed by atoms with Gasteiger partial charge in [0.1, 0.15) is 25.1 Å². The van der Waals surface area contributed by atoms with Crippen molar-refractivity contribution in [1.29, 1.82) is 0 Å². The Balaban J connectivity index is 0.000000168. The molecule has 14 nitrogen and oxygen atoms in total. The number of rotatable bonds is 8. The van der Waals surface area contributed by atoms with Crippen molar-refractivity contribution in [2.24, 2.45) is 5.73 Å². The van der Waals surface area contributed by atoms with Gasteiger partial charge in [0.05, 0.1) is 28.2 Å². The van der Waals surface area contributed by atoms with Crippen molar-refractivity contribution in [3.63, 3.8) is 0 Å². The molecule has 2 aliphatic carbocycles. The number of halogens is 4. The van der Waals surface area contributed by atoms with Crippen molar-refractivity contribution in [1.82, 2.24) is 19.8 Å². The molecule has 0 spiro atoms. The number of primary amides is 1. The minimum Gasteiger partial charge on any atom is -0.448 e. The standard InChI is InChI=1S/C27H24BrN3O4.C27H22BrN3O3.Cl2OS/c28-16-11-12-21(25(29)32)23(14-16)30-26(33)24-10-5-13-31(24)27(34)35-15-22-19-8-3-1-6-17(19)18-7-2-4-9-20(18)22;28-16-11-12-21-23(14-16)29-25(30-26(21)32)24-10-5-13-31(24)27(33)34-15-22-19-8-3-1-6-17(19)18-7-2-4-9-20(18)22;1-4(2)3/h1-4,6-9,11-12,14,22,24H,5,10,13,15H2,(H2,29,32)(H,30,33);1-4,6-9,11-12,14,22,24H,5,10,13,15H2,(H,29,30,32);. The molecule has 0 bridgehead atoms. The Morgan fingerprint density at radius 1 is 0.685 bits per heavy atom. The zero-order chi connectivity index (χ0) is 51.3. The number of fused-ring (bicyclic) bond motifs is 7. The van der Waals surface area contributed by atoms with E-state index < -0.39 is 27.3 Å². The second-order valence-electron chi connectivity index (χ2n) is 17.7. The Labute approximate surface area is 448 Å². The molecule has 4 aliphatic rings. The van der Waals surface area contributed by atoms with Gasteiger partial charge >= 0.3 is 12.2 Å². The molecule has 374 valence electrons. The number of carbonyl (C=O) groups is 4. The minimum atomic E-state index is -1.67. The summed E-state index contributed by atoms with van der Waals surface area (Å²) in [4.78, 5) is 74.4. The summed E-state index contributed by atoms with van der Waals surface area (Å²) in [6, 6.07) is 42.1. The van der Waals surface area contributed by atoms with Gasteiger partial charge in [-0.25, -0.2) is 18.8 Å². The first-order valence-corrected chi connectivity index (χ1v) is 27.7. The van der Waals surface area contributed by atoms with Gasteiger partial charge in [-0.05, 0) is 107 Å². The number of nitrogens with one attached hydrogen (secondary N) is 2. The number of hydrogen-bond donors (Lipinski definition) is 3. The second kappa shape index (κ2) is 22.8. The molecule has 1 aromatic heterocycles. The number of likely N-dealkylation sites (tertiary alicyclic amines) is 2. The average molecular weight is 1170 g/mol. The van der Waals surface area contributed by atoms with Gasteiger partial charge in [-0.3, -0.25) is 24.2 Å².